The highest BCUT2D eigenvalue weighted by Gasteiger charge is 2.26. The number of nitrogens with zero attached hydrogens (tertiary/aromatic N) is 1. The molecule has 0 radical (unpaired) electrons. The third-order valence-corrected chi connectivity index (χ3v) is 4.75. The minimum absolute atomic E-state index is 0.120. The number of nitrogens with one attached hydrogen (secondary N) is 1. The molecule has 118 valence electrons. The van der Waals surface area contributed by atoms with Gasteiger partial charge in [-0.05, 0) is 56.3 Å². The van der Waals surface area contributed by atoms with Gasteiger partial charge < -0.3 is 10.2 Å². The van der Waals surface area contributed by atoms with Crippen LogP contribution in [-0.4, -0.2) is 20.1 Å². The SMILES string of the molecule is CCC1CCC(N(C)c2c(F)cc(CNC)cc2F)CC1. The van der Waals surface area contributed by atoms with Crippen molar-refractivity contribution in [2.24, 2.45) is 5.92 Å². The number of halogens is 2. The van der Waals surface area contributed by atoms with Gasteiger partial charge in [-0.15, -0.1) is 0 Å². The molecule has 0 unspecified atom stereocenters. The van der Waals surface area contributed by atoms with Crippen LogP contribution in [0, 0.1) is 17.6 Å². The van der Waals surface area contributed by atoms with E-state index in [1.807, 2.05) is 7.05 Å². The van der Waals surface area contributed by atoms with Crippen molar-refractivity contribution < 1.29 is 8.78 Å². The van der Waals surface area contributed by atoms with Crippen molar-refractivity contribution in [1.82, 2.24) is 5.32 Å². The van der Waals surface area contributed by atoms with Crippen LogP contribution in [0.3, 0.4) is 0 Å². The summed E-state index contributed by atoms with van der Waals surface area (Å²) >= 11 is 0. The summed E-state index contributed by atoms with van der Waals surface area (Å²) in [7, 11) is 3.58. The van der Waals surface area contributed by atoms with Gasteiger partial charge in [0.2, 0.25) is 0 Å². The van der Waals surface area contributed by atoms with Crippen molar-refractivity contribution >= 4 is 5.69 Å². The lowest BCUT2D eigenvalue weighted by atomic mass is 9.84. The fourth-order valence-electron chi connectivity index (χ4n) is 3.38. The molecule has 1 fully saturated rings. The highest BCUT2D eigenvalue weighted by atomic mass is 19.1. The van der Waals surface area contributed by atoms with Gasteiger partial charge >= 0.3 is 0 Å². The number of benzene rings is 1. The van der Waals surface area contributed by atoms with E-state index in [0.29, 0.717) is 12.1 Å². The molecule has 0 saturated heterocycles. The van der Waals surface area contributed by atoms with Gasteiger partial charge in [0.1, 0.15) is 17.3 Å². The molecule has 0 aromatic heterocycles. The normalized spacial score (nSPS) is 22.3. The molecule has 0 spiro atoms. The first-order valence-corrected chi connectivity index (χ1v) is 7.92. The average molecular weight is 296 g/mol. The van der Waals surface area contributed by atoms with E-state index in [2.05, 4.69) is 12.2 Å². The van der Waals surface area contributed by atoms with Crippen LogP contribution in [0.15, 0.2) is 12.1 Å². The van der Waals surface area contributed by atoms with E-state index < -0.39 is 11.6 Å². The standard InChI is InChI=1S/C17H26F2N2/c1-4-12-5-7-14(8-6-12)21(3)17-15(18)9-13(11-20-2)10-16(17)19/h9-10,12,14,20H,4-8,11H2,1-3H3. The van der Waals surface area contributed by atoms with Crippen molar-refractivity contribution in [3.8, 4) is 0 Å². The quantitative estimate of drug-likeness (QED) is 0.880. The van der Waals surface area contributed by atoms with E-state index in [9.17, 15) is 8.78 Å². The van der Waals surface area contributed by atoms with E-state index in [4.69, 9.17) is 0 Å². The third kappa shape index (κ3) is 3.73. The first-order valence-electron chi connectivity index (χ1n) is 7.92. The zero-order valence-corrected chi connectivity index (χ0v) is 13.3. The predicted octanol–water partition coefficient (Wildman–Crippen LogP) is 4.09. The second kappa shape index (κ2) is 7.21. The van der Waals surface area contributed by atoms with E-state index >= 15 is 0 Å². The van der Waals surface area contributed by atoms with Crippen molar-refractivity contribution in [2.45, 2.75) is 51.6 Å². The lowest BCUT2D eigenvalue weighted by molar-refractivity contribution is 0.311. The van der Waals surface area contributed by atoms with Gasteiger partial charge in [-0.2, -0.15) is 0 Å². The third-order valence-electron chi connectivity index (χ3n) is 4.75. The van der Waals surface area contributed by atoms with Crippen molar-refractivity contribution in [2.75, 3.05) is 19.0 Å². The molecule has 4 heteroatoms. The Morgan fingerprint density at radius 2 is 1.71 bits per heavy atom. The molecule has 2 rings (SSSR count). The molecular formula is C17H26F2N2. The molecule has 2 nitrogen and oxygen atoms in total. The molecule has 1 aliphatic rings. The molecule has 0 aliphatic heterocycles. The number of hydrogen-bond donors (Lipinski definition) is 1. The minimum atomic E-state index is -0.458. The van der Waals surface area contributed by atoms with Gasteiger partial charge in [-0.1, -0.05) is 13.3 Å². The molecule has 21 heavy (non-hydrogen) atoms. The smallest absolute Gasteiger partial charge is 0.149 e. The van der Waals surface area contributed by atoms with Crippen LogP contribution in [0.2, 0.25) is 0 Å². The summed E-state index contributed by atoms with van der Waals surface area (Å²) in [5.41, 5.74) is 0.758. The summed E-state index contributed by atoms with van der Waals surface area (Å²) in [6.07, 6.45) is 5.56. The summed E-state index contributed by atoms with van der Waals surface area (Å²) < 4.78 is 28.5. The van der Waals surface area contributed by atoms with Crippen LogP contribution in [0.5, 0.6) is 0 Å². The topological polar surface area (TPSA) is 15.3 Å². The van der Waals surface area contributed by atoms with E-state index in [1.165, 1.54) is 18.6 Å². The van der Waals surface area contributed by atoms with Crippen LogP contribution in [0.25, 0.3) is 0 Å². The Kier molecular flexibility index (Phi) is 5.57. The molecule has 0 bridgehead atoms. The average Bonchev–Trinajstić information content (AvgIpc) is 2.47. The van der Waals surface area contributed by atoms with Crippen molar-refractivity contribution in [3.05, 3.63) is 29.3 Å². The molecule has 0 amide bonds. The summed E-state index contributed by atoms with van der Waals surface area (Å²) in [5, 5.41) is 2.91. The molecule has 1 saturated carbocycles. The molecule has 1 aromatic rings. The van der Waals surface area contributed by atoms with E-state index in [0.717, 1.165) is 31.6 Å². The number of rotatable bonds is 5. The maximum Gasteiger partial charge on any atom is 0.149 e. The fourth-order valence-corrected chi connectivity index (χ4v) is 3.38. The van der Waals surface area contributed by atoms with Crippen LogP contribution in [0.4, 0.5) is 14.5 Å². The zero-order chi connectivity index (χ0) is 15.4. The second-order valence-electron chi connectivity index (χ2n) is 6.13. The summed E-state index contributed by atoms with van der Waals surface area (Å²) in [4.78, 5) is 1.81. The summed E-state index contributed by atoms with van der Waals surface area (Å²) in [5.74, 6) is -0.136. The molecule has 1 aliphatic carbocycles. The summed E-state index contributed by atoms with van der Waals surface area (Å²) in [6.45, 7) is 2.69. The fraction of sp³-hybridized carbons (Fsp3) is 0.647. The Labute approximate surface area is 126 Å². The van der Waals surface area contributed by atoms with Crippen molar-refractivity contribution in [1.29, 1.82) is 0 Å². The Bertz CT molecular complexity index is 445. The Morgan fingerprint density at radius 1 is 1.14 bits per heavy atom. The van der Waals surface area contributed by atoms with Crippen molar-refractivity contribution in [3.63, 3.8) is 0 Å². The van der Waals surface area contributed by atoms with Crippen LogP contribution < -0.4 is 10.2 Å². The number of anilines is 1. The van der Waals surface area contributed by atoms with Gasteiger partial charge in [0.05, 0.1) is 0 Å². The maximum absolute atomic E-state index is 14.3. The zero-order valence-electron chi connectivity index (χ0n) is 13.3. The molecule has 1 aromatic carbocycles. The first kappa shape index (κ1) is 16.2. The van der Waals surface area contributed by atoms with E-state index in [1.54, 1.807) is 11.9 Å². The monoisotopic (exact) mass is 296 g/mol. The van der Waals surface area contributed by atoms with Gasteiger partial charge in [-0.3, -0.25) is 0 Å². The highest BCUT2D eigenvalue weighted by Crippen LogP contribution is 2.33. The molecule has 0 heterocycles. The Balaban J connectivity index is 2.14. The van der Waals surface area contributed by atoms with E-state index in [-0.39, 0.29) is 11.7 Å². The Hall–Kier alpha value is -1.16. The number of hydrogen-bond acceptors (Lipinski definition) is 2. The summed E-state index contributed by atoms with van der Waals surface area (Å²) in [6, 6.07) is 3.11. The lowest BCUT2D eigenvalue weighted by Crippen LogP contribution is -2.36. The first-order chi connectivity index (χ1) is 10.1. The van der Waals surface area contributed by atoms with Gasteiger partial charge in [-0.25, -0.2) is 8.78 Å². The lowest BCUT2D eigenvalue weighted by Gasteiger charge is -2.36. The van der Waals surface area contributed by atoms with Crippen LogP contribution in [0.1, 0.15) is 44.6 Å². The molecular weight excluding hydrogens is 270 g/mol. The predicted molar refractivity (Wildman–Crippen MR) is 83.6 cm³/mol. The van der Waals surface area contributed by atoms with Crippen LogP contribution >= 0.6 is 0 Å². The molecule has 1 N–H and O–H groups in total. The Morgan fingerprint density at radius 3 is 2.19 bits per heavy atom. The maximum atomic E-state index is 14.3. The van der Waals surface area contributed by atoms with Gasteiger partial charge in [0.25, 0.3) is 0 Å². The van der Waals surface area contributed by atoms with Crippen LogP contribution in [-0.2, 0) is 6.54 Å². The largest absolute Gasteiger partial charge is 0.367 e. The highest BCUT2D eigenvalue weighted by molar-refractivity contribution is 5.51. The van der Waals surface area contributed by atoms with Gasteiger partial charge in [0, 0.05) is 19.6 Å². The second-order valence-corrected chi connectivity index (χ2v) is 6.13. The van der Waals surface area contributed by atoms with Gasteiger partial charge in [0.15, 0.2) is 0 Å². The minimum Gasteiger partial charge on any atom is -0.367 e. The molecule has 0 atom stereocenters.